The highest BCUT2D eigenvalue weighted by molar-refractivity contribution is 5.91. The standard InChI is InChI=1S/C16H24N2O2/c1-13-7-9-16(12-17,10-8-13)20-11-15(19)18-14-5-3-2-4-6-14/h2-6,13H,7-12,17H2,1H3,(H,18,19). The van der Waals surface area contributed by atoms with E-state index in [1.54, 1.807) is 0 Å². The maximum absolute atomic E-state index is 11.9. The summed E-state index contributed by atoms with van der Waals surface area (Å²) in [4.78, 5) is 11.9. The first kappa shape index (κ1) is 15.0. The Hall–Kier alpha value is -1.39. The summed E-state index contributed by atoms with van der Waals surface area (Å²) < 4.78 is 5.87. The van der Waals surface area contributed by atoms with E-state index < -0.39 is 0 Å². The van der Waals surface area contributed by atoms with Gasteiger partial charge in [0.2, 0.25) is 5.91 Å². The smallest absolute Gasteiger partial charge is 0.250 e. The molecule has 4 heteroatoms. The zero-order valence-corrected chi connectivity index (χ0v) is 12.1. The number of hydrogen-bond donors (Lipinski definition) is 2. The quantitative estimate of drug-likeness (QED) is 0.868. The Morgan fingerprint density at radius 3 is 2.60 bits per heavy atom. The molecule has 0 heterocycles. The largest absolute Gasteiger partial charge is 0.364 e. The fraction of sp³-hybridized carbons (Fsp3) is 0.562. The summed E-state index contributed by atoms with van der Waals surface area (Å²) in [5.74, 6) is 0.610. The van der Waals surface area contributed by atoms with E-state index in [-0.39, 0.29) is 18.1 Å². The highest BCUT2D eigenvalue weighted by Crippen LogP contribution is 2.33. The first-order chi connectivity index (χ1) is 9.63. The van der Waals surface area contributed by atoms with Crippen molar-refractivity contribution in [2.45, 2.75) is 38.2 Å². The van der Waals surface area contributed by atoms with Gasteiger partial charge in [0.1, 0.15) is 6.61 Å². The normalized spacial score (nSPS) is 26.2. The molecule has 1 amide bonds. The molecule has 0 spiro atoms. The number of carbonyl (C=O) groups is 1. The molecule has 3 N–H and O–H groups in total. The number of rotatable bonds is 5. The summed E-state index contributed by atoms with van der Waals surface area (Å²) >= 11 is 0. The number of nitrogens with one attached hydrogen (secondary N) is 1. The lowest BCUT2D eigenvalue weighted by molar-refractivity contribution is -0.131. The van der Waals surface area contributed by atoms with E-state index in [9.17, 15) is 4.79 Å². The lowest BCUT2D eigenvalue weighted by atomic mass is 9.79. The molecular weight excluding hydrogens is 252 g/mol. The Labute approximate surface area is 120 Å². The lowest BCUT2D eigenvalue weighted by Crippen LogP contribution is -2.45. The van der Waals surface area contributed by atoms with Crippen LogP contribution in [0.4, 0.5) is 5.69 Å². The Morgan fingerprint density at radius 2 is 2.00 bits per heavy atom. The minimum Gasteiger partial charge on any atom is -0.364 e. The average Bonchev–Trinajstić information content (AvgIpc) is 2.48. The van der Waals surface area contributed by atoms with Crippen LogP contribution in [0.3, 0.4) is 0 Å². The third kappa shape index (κ3) is 4.05. The van der Waals surface area contributed by atoms with E-state index in [1.807, 2.05) is 30.3 Å². The van der Waals surface area contributed by atoms with Crippen molar-refractivity contribution < 1.29 is 9.53 Å². The van der Waals surface area contributed by atoms with Gasteiger partial charge in [-0.05, 0) is 43.7 Å². The molecule has 0 aliphatic heterocycles. The molecule has 20 heavy (non-hydrogen) atoms. The van der Waals surface area contributed by atoms with Crippen LogP contribution in [0, 0.1) is 5.92 Å². The fourth-order valence-corrected chi connectivity index (χ4v) is 2.63. The van der Waals surface area contributed by atoms with Gasteiger partial charge in [0, 0.05) is 12.2 Å². The fourth-order valence-electron chi connectivity index (χ4n) is 2.63. The molecule has 0 saturated heterocycles. The van der Waals surface area contributed by atoms with Gasteiger partial charge in [-0.25, -0.2) is 0 Å². The van der Waals surface area contributed by atoms with Gasteiger partial charge >= 0.3 is 0 Å². The highest BCUT2D eigenvalue weighted by atomic mass is 16.5. The molecule has 1 aromatic rings. The number of carbonyl (C=O) groups excluding carboxylic acids is 1. The van der Waals surface area contributed by atoms with Crippen molar-refractivity contribution in [1.29, 1.82) is 0 Å². The summed E-state index contributed by atoms with van der Waals surface area (Å²) in [6, 6.07) is 9.41. The number of amides is 1. The van der Waals surface area contributed by atoms with Crippen LogP contribution in [0.15, 0.2) is 30.3 Å². The molecule has 4 nitrogen and oxygen atoms in total. The summed E-state index contributed by atoms with van der Waals surface area (Å²) in [6.45, 7) is 2.81. The van der Waals surface area contributed by atoms with E-state index in [4.69, 9.17) is 10.5 Å². The molecule has 1 aromatic carbocycles. The van der Waals surface area contributed by atoms with Gasteiger partial charge in [-0.15, -0.1) is 0 Å². The minimum atomic E-state index is -0.305. The summed E-state index contributed by atoms with van der Waals surface area (Å²) in [5.41, 5.74) is 6.35. The van der Waals surface area contributed by atoms with E-state index in [2.05, 4.69) is 12.2 Å². The van der Waals surface area contributed by atoms with Gasteiger partial charge in [0.05, 0.1) is 5.60 Å². The number of ether oxygens (including phenoxy) is 1. The third-order valence-corrected chi connectivity index (χ3v) is 4.12. The van der Waals surface area contributed by atoms with Gasteiger partial charge in [-0.3, -0.25) is 4.79 Å². The second-order valence-corrected chi connectivity index (χ2v) is 5.77. The number of hydrogen-bond acceptors (Lipinski definition) is 3. The molecule has 0 unspecified atom stereocenters. The summed E-state index contributed by atoms with van der Waals surface area (Å²) in [7, 11) is 0. The monoisotopic (exact) mass is 276 g/mol. The van der Waals surface area contributed by atoms with Crippen LogP contribution in [-0.4, -0.2) is 24.7 Å². The first-order valence-electron chi connectivity index (χ1n) is 7.32. The van der Waals surface area contributed by atoms with Crippen molar-refractivity contribution in [3.63, 3.8) is 0 Å². The van der Waals surface area contributed by atoms with Crippen LogP contribution >= 0.6 is 0 Å². The van der Waals surface area contributed by atoms with Gasteiger partial charge in [-0.2, -0.15) is 0 Å². The zero-order valence-electron chi connectivity index (χ0n) is 12.1. The van der Waals surface area contributed by atoms with Gasteiger partial charge in [-0.1, -0.05) is 25.1 Å². The lowest BCUT2D eigenvalue weighted by Gasteiger charge is -2.38. The van der Waals surface area contributed by atoms with Gasteiger partial charge in [0.15, 0.2) is 0 Å². The average molecular weight is 276 g/mol. The van der Waals surface area contributed by atoms with Crippen molar-refractivity contribution in [3.05, 3.63) is 30.3 Å². The van der Waals surface area contributed by atoms with E-state index >= 15 is 0 Å². The van der Waals surface area contributed by atoms with E-state index in [1.165, 1.54) is 0 Å². The molecule has 0 atom stereocenters. The van der Waals surface area contributed by atoms with E-state index in [0.29, 0.717) is 6.54 Å². The number of anilines is 1. The molecule has 1 saturated carbocycles. The predicted molar refractivity (Wildman–Crippen MR) is 80.4 cm³/mol. The maximum atomic E-state index is 11.9. The van der Waals surface area contributed by atoms with Crippen molar-refractivity contribution in [1.82, 2.24) is 0 Å². The van der Waals surface area contributed by atoms with Crippen molar-refractivity contribution in [2.24, 2.45) is 11.7 Å². The summed E-state index contributed by atoms with van der Waals surface area (Å²) in [5, 5.41) is 2.83. The second-order valence-electron chi connectivity index (χ2n) is 5.77. The van der Waals surface area contributed by atoms with Crippen molar-refractivity contribution in [2.75, 3.05) is 18.5 Å². The topological polar surface area (TPSA) is 64.3 Å². The molecule has 0 radical (unpaired) electrons. The van der Waals surface area contributed by atoms with Crippen LogP contribution in [0.1, 0.15) is 32.6 Å². The van der Waals surface area contributed by atoms with Crippen LogP contribution < -0.4 is 11.1 Å². The van der Waals surface area contributed by atoms with Crippen LogP contribution in [0.25, 0.3) is 0 Å². The number of benzene rings is 1. The molecule has 1 aliphatic rings. The Balaban J connectivity index is 1.82. The van der Waals surface area contributed by atoms with Gasteiger partial charge < -0.3 is 15.8 Å². The molecule has 0 bridgehead atoms. The molecule has 1 fully saturated rings. The number of nitrogens with two attached hydrogens (primary N) is 1. The highest BCUT2D eigenvalue weighted by Gasteiger charge is 2.34. The molecule has 110 valence electrons. The molecular formula is C16H24N2O2. The van der Waals surface area contributed by atoms with E-state index in [0.717, 1.165) is 37.3 Å². The number of para-hydroxylation sites is 1. The Bertz CT molecular complexity index is 425. The van der Waals surface area contributed by atoms with Gasteiger partial charge in [0.25, 0.3) is 0 Å². The molecule has 1 aliphatic carbocycles. The Kier molecular flexibility index (Phi) is 5.15. The van der Waals surface area contributed by atoms with Crippen molar-refractivity contribution >= 4 is 11.6 Å². The maximum Gasteiger partial charge on any atom is 0.250 e. The van der Waals surface area contributed by atoms with Crippen LogP contribution in [0.2, 0.25) is 0 Å². The van der Waals surface area contributed by atoms with Crippen molar-refractivity contribution in [3.8, 4) is 0 Å². The first-order valence-corrected chi connectivity index (χ1v) is 7.32. The molecule has 2 rings (SSSR count). The predicted octanol–water partition coefficient (Wildman–Crippen LogP) is 2.55. The van der Waals surface area contributed by atoms with Crippen LogP contribution in [0.5, 0.6) is 0 Å². The second kappa shape index (κ2) is 6.86. The summed E-state index contributed by atoms with van der Waals surface area (Å²) in [6.07, 6.45) is 4.14. The minimum absolute atomic E-state index is 0.0699. The zero-order chi connectivity index (χ0) is 14.4. The molecule has 0 aromatic heterocycles. The Morgan fingerprint density at radius 1 is 1.35 bits per heavy atom. The van der Waals surface area contributed by atoms with Crippen LogP contribution in [-0.2, 0) is 9.53 Å². The third-order valence-electron chi connectivity index (χ3n) is 4.12. The SMILES string of the molecule is CC1CCC(CN)(OCC(=O)Nc2ccccc2)CC1.